The fourth-order valence-corrected chi connectivity index (χ4v) is 2.75. The lowest BCUT2D eigenvalue weighted by molar-refractivity contribution is -0.385. The number of ether oxygens (including phenoxy) is 1. The summed E-state index contributed by atoms with van der Waals surface area (Å²) in [6.45, 7) is 9.11. The number of nitrogens with one attached hydrogen (secondary N) is 1. The summed E-state index contributed by atoms with van der Waals surface area (Å²) >= 11 is 0. The maximum atomic E-state index is 11.3. The Morgan fingerprint density at radius 1 is 1.35 bits per heavy atom. The van der Waals surface area contributed by atoms with Gasteiger partial charge in [0.25, 0.3) is 5.69 Å². The zero-order valence-electron chi connectivity index (χ0n) is 12.8. The number of likely N-dealkylation sites (N-methyl/N-ethyl adjacent to an activating group) is 1. The number of hydrogen-bond donors (Lipinski definition) is 1. The maximum Gasteiger partial charge on any atom is 0.273 e. The zero-order chi connectivity index (χ0) is 15.3. The summed E-state index contributed by atoms with van der Waals surface area (Å²) in [5.41, 5.74) is 0.895. The van der Waals surface area contributed by atoms with Gasteiger partial charge in [0.2, 0.25) is 0 Å². The molecule has 1 aromatic rings. The van der Waals surface area contributed by atoms with Crippen LogP contribution in [0.3, 0.4) is 0 Å². The van der Waals surface area contributed by atoms with E-state index in [-0.39, 0.29) is 28.5 Å². The third kappa shape index (κ3) is 3.70. The summed E-state index contributed by atoms with van der Waals surface area (Å²) in [6, 6.07) is 5.11. The van der Waals surface area contributed by atoms with Crippen molar-refractivity contribution in [3.8, 4) is 5.75 Å². The number of nitrogens with zero attached hydrogens (tertiary/aromatic N) is 1. The van der Waals surface area contributed by atoms with Gasteiger partial charge in [0, 0.05) is 23.6 Å². The quantitative estimate of drug-likeness (QED) is 0.614. The van der Waals surface area contributed by atoms with E-state index in [1.54, 1.807) is 19.2 Å². The van der Waals surface area contributed by atoms with Crippen LogP contribution in [-0.4, -0.2) is 24.6 Å². The number of rotatable bonds is 7. The standard InChI is InChI=1S/C15H24N2O3/c1-6-16-11(4)15(10(2)3)13-9-12(20-5)7-8-14(13)17(18)19/h7-11,15-16H,6H2,1-5H3. The van der Waals surface area contributed by atoms with E-state index in [9.17, 15) is 10.1 Å². The molecule has 2 unspecified atom stereocenters. The summed E-state index contributed by atoms with van der Waals surface area (Å²) in [7, 11) is 1.57. The van der Waals surface area contributed by atoms with Crippen molar-refractivity contribution in [2.24, 2.45) is 5.92 Å². The van der Waals surface area contributed by atoms with Gasteiger partial charge < -0.3 is 10.1 Å². The molecule has 20 heavy (non-hydrogen) atoms. The topological polar surface area (TPSA) is 64.4 Å². The predicted octanol–water partition coefficient (Wildman–Crippen LogP) is 3.34. The third-order valence-corrected chi connectivity index (χ3v) is 3.57. The van der Waals surface area contributed by atoms with E-state index in [1.807, 2.05) is 6.92 Å². The van der Waals surface area contributed by atoms with Crippen molar-refractivity contribution < 1.29 is 9.66 Å². The van der Waals surface area contributed by atoms with E-state index in [0.717, 1.165) is 12.1 Å². The molecule has 112 valence electrons. The smallest absolute Gasteiger partial charge is 0.273 e. The van der Waals surface area contributed by atoms with E-state index < -0.39 is 0 Å². The molecule has 5 heteroatoms. The fraction of sp³-hybridized carbons (Fsp3) is 0.600. The van der Waals surface area contributed by atoms with E-state index in [0.29, 0.717) is 5.75 Å². The van der Waals surface area contributed by atoms with Crippen molar-refractivity contribution in [3.05, 3.63) is 33.9 Å². The molecule has 0 saturated carbocycles. The molecule has 0 amide bonds. The summed E-state index contributed by atoms with van der Waals surface area (Å²) < 4.78 is 5.22. The highest BCUT2D eigenvalue weighted by molar-refractivity contribution is 5.48. The highest BCUT2D eigenvalue weighted by atomic mass is 16.6. The minimum Gasteiger partial charge on any atom is -0.497 e. The summed E-state index contributed by atoms with van der Waals surface area (Å²) in [4.78, 5) is 11.0. The Morgan fingerprint density at radius 2 is 2.00 bits per heavy atom. The molecule has 2 atom stereocenters. The van der Waals surface area contributed by atoms with Crippen LogP contribution < -0.4 is 10.1 Å². The van der Waals surface area contributed by atoms with Gasteiger partial charge in [-0.3, -0.25) is 10.1 Å². The molecule has 0 aliphatic carbocycles. The third-order valence-electron chi connectivity index (χ3n) is 3.57. The number of nitro groups is 1. The molecule has 0 saturated heterocycles. The van der Waals surface area contributed by atoms with Gasteiger partial charge >= 0.3 is 0 Å². The first-order valence-electron chi connectivity index (χ1n) is 6.98. The van der Waals surface area contributed by atoms with Crippen LogP contribution in [0.2, 0.25) is 0 Å². The molecule has 0 aromatic heterocycles. The van der Waals surface area contributed by atoms with E-state index in [2.05, 4.69) is 26.1 Å². The van der Waals surface area contributed by atoms with Crippen LogP contribution in [-0.2, 0) is 0 Å². The van der Waals surface area contributed by atoms with Crippen LogP contribution in [0.5, 0.6) is 5.75 Å². The van der Waals surface area contributed by atoms with Crippen molar-refractivity contribution in [2.45, 2.75) is 39.7 Å². The fourth-order valence-electron chi connectivity index (χ4n) is 2.75. The molecule has 0 radical (unpaired) electrons. The van der Waals surface area contributed by atoms with Gasteiger partial charge in [-0.15, -0.1) is 0 Å². The first-order valence-corrected chi connectivity index (χ1v) is 6.98. The molecule has 1 N–H and O–H groups in total. The second-order valence-corrected chi connectivity index (χ2v) is 5.30. The summed E-state index contributed by atoms with van der Waals surface area (Å²) in [6.07, 6.45) is 0. The van der Waals surface area contributed by atoms with Gasteiger partial charge in [-0.05, 0) is 31.5 Å². The molecule has 1 rings (SSSR count). The van der Waals surface area contributed by atoms with Gasteiger partial charge in [0.05, 0.1) is 12.0 Å². The molecule has 0 spiro atoms. The summed E-state index contributed by atoms with van der Waals surface area (Å²) in [5.74, 6) is 1.00. The van der Waals surface area contributed by atoms with Gasteiger partial charge in [-0.1, -0.05) is 20.8 Å². The van der Waals surface area contributed by atoms with Crippen LogP contribution in [0.1, 0.15) is 39.2 Å². The minimum absolute atomic E-state index is 0.0606. The van der Waals surface area contributed by atoms with Crippen LogP contribution in [0, 0.1) is 16.0 Å². The van der Waals surface area contributed by atoms with Gasteiger partial charge in [-0.2, -0.15) is 0 Å². The van der Waals surface area contributed by atoms with Gasteiger partial charge in [-0.25, -0.2) is 0 Å². The molecule has 0 aliphatic heterocycles. The van der Waals surface area contributed by atoms with Crippen molar-refractivity contribution in [2.75, 3.05) is 13.7 Å². The van der Waals surface area contributed by atoms with E-state index in [1.165, 1.54) is 6.07 Å². The number of benzene rings is 1. The highest BCUT2D eigenvalue weighted by Gasteiger charge is 2.29. The molecular weight excluding hydrogens is 256 g/mol. The zero-order valence-corrected chi connectivity index (χ0v) is 12.8. The predicted molar refractivity (Wildman–Crippen MR) is 80.4 cm³/mol. The normalized spacial score (nSPS) is 14.1. The monoisotopic (exact) mass is 280 g/mol. The van der Waals surface area contributed by atoms with Crippen molar-refractivity contribution in [3.63, 3.8) is 0 Å². The Balaban J connectivity index is 3.32. The number of nitro benzene ring substituents is 1. The van der Waals surface area contributed by atoms with E-state index >= 15 is 0 Å². The highest BCUT2D eigenvalue weighted by Crippen LogP contribution is 2.36. The van der Waals surface area contributed by atoms with Crippen LogP contribution in [0.15, 0.2) is 18.2 Å². The second-order valence-electron chi connectivity index (χ2n) is 5.30. The first-order chi connectivity index (χ1) is 9.42. The van der Waals surface area contributed by atoms with Gasteiger partial charge in [0.1, 0.15) is 5.75 Å². The Kier molecular flexibility index (Phi) is 5.95. The van der Waals surface area contributed by atoms with Crippen LogP contribution in [0.4, 0.5) is 5.69 Å². The molecular formula is C15H24N2O3. The molecule has 0 fully saturated rings. The van der Waals surface area contributed by atoms with E-state index in [4.69, 9.17) is 4.74 Å². The second kappa shape index (κ2) is 7.24. The molecule has 0 heterocycles. The lowest BCUT2D eigenvalue weighted by Crippen LogP contribution is -2.34. The maximum absolute atomic E-state index is 11.3. The number of methoxy groups -OCH3 is 1. The Labute approximate surface area is 120 Å². The largest absolute Gasteiger partial charge is 0.497 e. The van der Waals surface area contributed by atoms with Crippen LogP contribution >= 0.6 is 0 Å². The first kappa shape index (κ1) is 16.4. The minimum atomic E-state index is -0.317. The lowest BCUT2D eigenvalue weighted by Gasteiger charge is -2.28. The van der Waals surface area contributed by atoms with Crippen LogP contribution in [0.25, 0.3) is 0 Å². The molecule has 0 bridgehead atoms. The van der Waals surface area contributed by atoms with Crippen molar-refractivity contribution in [1.29, 1.82) is 0 Å². The molecule has 1 aromatic carbocycles. The van der Waals surface area contributed by atoms with Gasteiger partial charge in [0.15, 0.2) is 0 Å². The lowest BCUT2D eigenvalue weighted by atomic mass is 9.82. The molecule has 5 nitrogen and oxygen atoms in total. The Bertz CT molecular complexity index is 460. The molecule has 0 aliphatic rings. The Morgan fingerprint density at radius 3 is 2.45 bits per heavy atom. The SMILES string of the molecule is CCNC(C)C(c1cc(OC)ccc1[N+](=O)[O-])C(C)C. The number of hydrogen-bond acceptors (Lipinski definition) is 4. The average Bonchev–Trinajstić information content (AvgIpc) is 2.38. The average molecular weight is 280 g/mol. The van der Waals surface area contributed by atoms with Crippen molar-refractivity contribution in [1.82, 2.24) is 5.32 Å². The van der Waals surface area contributed by atoms with Crippen molar-refractivity contribution >= 4 is 5.69 Å². The summed E-state index contributed by atoms with van der Waals surface area (Å²) in [5, 5.41) is 14.6. The Hall–Kier alpha value is -1.62.